The van der Waals surface area contributed by atoms with E-state index in [2.05, 4.69) is 15.9 Å². The van der Waals surface area contributed by atoms with Gasteiger partial charge in [0.25, 0.3) is 11.7 Å². The third-order valence-corrected chi connectivity index (χ3v) is 4.19. The van der Waals surface area contributed by atoms with E-state index in [-0.39, 0.29) is 0 Å². The number of hydrogen-bond acceptors (Lipinski definition) is 3. The Morgan fingerprint density at radius 1 is 1.13 bits per heavy atom. The number of fused-ring (bicyclic) bond motifs is 1. The van der Waals surface area contributed by atoms with Crippen LogP contribution in [0.15, 0.2) is 46.9 Å². The Bertz CT molecular complexity index is 773. The number of anilines is 1. The Hall–Kier alpha value is -2.14. The van der Waals surface area contributed by atoms with Gasteiger partial charge in [-0.15, -0.1) is 0 Å². The number of ketones is 1. The molecule has 0 aliphatic carbocycles. The first-order valence-corrected chi connectivity index (χ1v) is 8.27. The first-order chi connectivity index (χ1) is 11.1. The lowest BCUT2D eigenvalue weighted by Crippen LogP contribution is -2.29. The molecule has 0 aromatic heterocycles. The highest BCUT2D eigenvalue weighted by Crippen LogP contribution is 2.33. The zero-order chi connectivity index (χ0) is 16.4. The van der Waals surface area contributed by atoms with Crippen molar-refractivity contribution in [2.45, 2.75) is 19.9 Å². The fourth-order valence-electron chi connectivity index (χ4n) is 2.59. The van der Waals surface area contributed by atoms with Crippen LogP contribution < -0.4 is 9.64 Å². The molecule has 0 bridgehead atoms. The molecule has 1 aliphatic rings. The third-order valence-electron chi connectivity index (χ3n) is 3.70. The van der Waals surface area contributed by atoms with Crippen LogP contribution in [0.1, 0.15) is 29.3 Å². The van der Waals surface area contributed by atoms with Crippen LogP contribution in [0.4, 0.5) is 5.69 Å². The summed E-state index contributed by atoms with van der Waals surface area (Å²) in [5, 5.41) is 0. The number of ether oxygens (including phenoxy) is 1. The van der Waals surface area contributed by atoms with Crippen LogP contribution in [-0.2, 0) is 11.3 Å². The summed E-state index contributed by atoms with van der Waals surface area (Å²) in [7, 11) is 0. The standard InChI is InChI=1S/C18H16BrNO3/c1-2-9-23-16-6-4-3-5-12(16)11-20-15-8-7-13(19)10-14(15)17(21)18(20)22/h3-8,10H,2,9,11H2,1H3. The number of carbonyl (C=O) groups is 2. The second-order valence-electron chi connectivity index (χ2n) is 5.34. The van der Waals surface area contributed by atoms with E-state index in [1.807, 2.05) is 37.3 Å². The average Bonchev–Trinajstić information content (AvgIpc) is 2.79. The average molecular weight is 374 g/mol. The molecule has 5 heteroatoms. The Labute approximate surface area is 143 Å². The van der Waals surface area contributed by atoms with Gasteiger partial charge in [-0.3, -0.25) is 9.59 Å². The highest BCUT2D eigenvalue weighted by atomic mass is 79.9. The van der Waals surface area contributed by atoms with Crippen LogP contribution in [-0.4, -0.2) is 18.3 Å². The van der Waals surface area contributed by atoms with Crippen molar-refractivity contribution in [3.63, 3.8) is 0 Å². The Balaban J connectivity index is 1.93. The molecule has 118 valence electrons. The molecule has 0 spiro atoms. The number of benzene rings is 2. The van der Waals surface area contributed by atoms with Crippen LogP contribution in [0, 0.1) is 0 Å². The lowest BCUT2D eigenvalue weighted by molar-refractivity contribution is -0.114. The molecular weight excluding hydrogens is 358 g/mol. The highest BCUT2D eigenvalue weighted by Gasteiger charge is 2.36. The summed E-state index contributed by atoms with van der Waals surface area (Å²) in [6.45, 7) is 2.98. The number of halogens is 1. The number of rotatable bonds is 5. The number of Topliss-reactive ketones (excluding diaryl/α,β-unsaturated/α-hetero) is 1. The molecule has 1 heterocycles. The van der Waals surface area contributed by atoms with Crippen molar-refractivity contribution < 1.29 is 14.3 Å². The Morgan fingerprint density at radius 2 is 1.91 bits per heavy atom. The summed E-state index contributed by atoms with van der Waals surface area (Å²) in [5.74, 6) is -0.211. The zero-order valence-electron chi connectivity index (χ0n) is 12.7. The largest absolute Gasteiger partial charge is 0.493 e. The molecule has 1 amide bonds. The summed E-state index contributed by atoms with van der Waals surface area (Å²) in [4.78, 5) is 26.0. The molecule has 1 aliphatic heterocycles. The number of para-hydroxylation sites is 1. The quantitative estimate of drug-likeness (QED) is 0.745. The predicted molar refractivity (Wildman–Crippen MR) is 91.9 cm³/mol. The van der Waals surface area contributed by atoms with Crippen molar-refractivity contribution in [1.82, 2.24) is 0 Å². The Morgan fingerprint density at radius 3 is 2.70 bits per heavy atom. The first kappa shape index (κ1) is 15.7. The van der Waals surface area contributed by atoms with Crippen LogP contribution in [0.25, 0.3) is 0 Å². The second-order valence-corrected chi connectivity index (χ2v) is 6.25. The van der Waals surface area contributed by atoms with Gasteiger partial charge >= 0.3 is 0 Å². The smallest absolute Gasteiger partial charge is 0.299 e. The number of carbonyl (C=O) groups excluding carboxylic acids is 2. The SMILES string of the molecule is CCCOc1ccccc1CN1C(=O)C(=O)c2cc(Br)ccc21. The molecule has 0 saturated carbocycles. The molecule has 0 radical (unpaired) electrons. The van der Waals surface area contributed by atoms with Crippen molar-refractivity contribution in [3.8, 4) is 5.75 Å². The molecule has 0 saturated heterocycles. The van der Waals surface area contributed by atoms with Crippen molar-refractivity contribution in [2.75, 3.05) is 11.5 Å². The van der Waals surface area contributed by atoms with Crippen LogP contribution in [0.3, 0.4) is 0 Å². The van der Waals surface area contributed by atoms with Crippen molar-refractivity contribution in [3.05, 3.63) is 58.1 Å². The molecule has 2 aromatic carbocycles. The van der Waals surface area contributed by atoms with Crippen molar-refractivity contribution >= 4 is 33.3 Å². The Kier molecular flexibility index (Phi) is 4.48. The molecule has 3 rings (SSSR count). The minimum Gasteiger partial charge on any atom is -0.493 e. The normalized spacial score (nSPS) is 13.4. The number of hydrogen-bond donors (Lipinski definition) is 0. The summed E-state index contributed by atoms with van der Waals surface area (Å²) >= 11 is 3.34. The predicted octanol–water partition coefficient (Wildman–Crippen LogP) is 3.97. The topological polar surface area (TPSA) is 46.6 Å². The molecule has 0 unspecified atom stereocenters. The first-order valence-electron chi connectivity index (χ1n) is 7.48. The molecule has 0 fully saturated rings. The fraction of sp³-hybridized carbons (Fsp3) is 0.222. The molecule has 0 atom stereocenters. The van der Waals surface area contributed by atoms with Gasteiger partial charge in [0.15, 0.2) is 0 Å². The van der Waals surface area contributed by atoms with Gasteiger partial charge in [0.2, 0.25) is 0 Å². The van der Waals surface area contributed by atoms with Crippen LogP contribution >= 0.6 is 15.9 Å². The summed E-state index contributed by atoms with van der Waals surface area (Å²) in [6.07, 6.45) is 0.909. The lowest BCUT2D eigenvalue weighted by atomic mass is 10.1. The monoisotopic (exact) mass is 373 g/mol. The van der Waals surface area contributed by atoms with Crippen molar-refractivity contribution in [1.29, 1.82) is 0 Å². The van der Waals surface area contributed by atoms with Gasteiger partial charge in [0.05, 0.1) is 24.4 Å². The zero-order valence-corrected chi connectivity index (χ0v) is 14.3. The van der Waals surface area contributed by atoms with Gasteiger partial charge < -0.3 is 9.64 Å². The van der Waals surface area contributed by atoms with Gasteiger partial charge in [0, 0.05) is 10.0 Å². The van der Waals surface area contributed by atoms with Gasteiger partial charge in [0.1, 0.15) is 5.75 Å². The molecule has 4 nitrogen and oxygen atoms in total. The van der Waals surface area contributed by atoms with Gasteiger partial charge in [-0.1, -0.05) is 41.1 Å². The number of amides is 1. The van der Waals surface area contributed by atoms with Gasteiger partial charge in [-0.2, -0.15) is 0 Å². The highest BCUT2D eigenvalue weighted by molar-refractivity contribution is 9.10. The van der Waals surface area contributed by atoms with E-state index in [0.29, 0.717) is 24.4 Å². The van der Waals surface area contributed by atoms with E-state index in [1.165, 1.54) is 4.90 Å². The number of nitrogens with zero attached hydrogens (tertiary/aromatic N) is 1. The van der Waals surface area contributed by atoms with E-state index in [4.69, 9.17) is 4.74 Å². The molecule has 0 N–H and O–H groups in total. The minimum absolute atomic E-state index is 0.319. The maximum Gasteiger partial charge on any atom is 0.299 e. The summed E-state index contributed by atoms with van der Waals surface area (Å²) in [5.41, 5.74) is 1.97. The van der Waals surface area contributed by atoms with Crippen LogP contribution in [0.5, 0.6) is 5.75 Å². The van der Waals surface area contributed by atoms with Gasteiger partial charge in [-0.25, -0.2) is 0 Å². The van der Waals surface area contributed by atoms with E-state index < -0.39 is 11.7 Å². The molecule has 23 heavy (non-hydrogen) atoms. The fourth-order valence-corrected chi connectivity index (χ4v) is 2.95. The second kappa shape index (κ2) is 6.54. The lowest BCUT2D eigenvalue weighted by Gasteiger charge is -2.19. The van der Waals surface area contributed by atoms with E-state index in [0.717, 1.165) is 22.2 Å². The van der Waals surface area contributed by atoms with Gasteiger partial charge in [-0.05, 0) is 30.7 Å². The third kappa shape index (κ3) is 3.01. The van der Waals surface area contributed by atoms with E-state index >= 15 is 0 Å². The van der Waals surface area contributed by atoms with E-state index in [9.17, 15) is 9.59 Å². The minimum atomic E-state index is -0.497. The van der Waals surface area contributed by atoms with E-state index in [1.54, 1.807) is 12.1 Å². The maximum atomic E-state index is 12.3. The van der Waals surface area contributed by atoms with Crippen molar-refractivity contribution in [2.24, 2.45) is 0 Å². The summed E-state index contributed by atoms with van der Waals surface area (Å²) < 4.78 is 6.52. The van der Waals surface area contributed by atoms with Crippen LogP contribution in [0.2, 0.25) is 0 Å². The molecular formula is C18H16BrNO3. The summed E-state index contributed by atoms with van der Waals surface area (Å²) in [6, 6.07) is 12.9. The maximum absolute atomic E-state index is 12.3. The molecule has 2 aromatic rings.